The first-order valence-electron chi connectivity index (χ1n) is 15.7. The van der Waals surface area contributed by atoms with Gasteiger partial charge in [0.15, 0.2) is 0 Å². The van der Waals surface area contributed by atoms with Gasteiger partial charge in [-0.2, -0.15) is 0 Å². The van der Waals surface area contributed by atoms with Crippen molar-refractivity contribution in [2.24, 2.45) is 0 Å². The van der Waals surface area contributed by atoms with Gasteiger partial charge in [-0.25, -0.2) is 0 Å². The summed E-state index contributed by atoms with van der Waals surface area (Å²) in [6, 6.07) is 62.6. The highest BCUT2D eigenvalue weighted by molar-refractivity contribution is 6.22. The lowest BCUT2D eigenvalue weighted by Crippen LogP contribution is -2.10. The van der Waals surface area contributed by atoms with E-state index in [-0.39, 0.29) is 0 Å². The lowest BCUT2D eigenvalue weighted by Gasteiger charge is -2.27. The topological polar surface area (TPSA) is 16.4 Å². The average Bonchev–Trinajstić information content (AvgIpc) is 3.53. The molecule has 1 aromatic heterocycles. The maximum absolute atomic E-state index is 6.93. The zero-order valence-electron chi connectivity index (χ0n) is 25.1. The zero-order valence-corrected chi connectivity index (χ0v) is 25.1. The summed E-state index contributed by atoms with van der Waals surface area (Å²) in [7, 11) is 0. The largest absolute Gasteiger partial charge is 0.455 e. The van der Waals surface area contributed by atoms with Gasteiger partial charge in [0.2, 0.25) is 0 Å². The van der Waals surface area contributed by atoms with E-state index in [0.717, 1.165) is 55.5 Å². The van der Waals surface area contributed by atoms with Gasteiger partial charge < -0.3 is 9.32 Å². The maximum Gasteiger partial charge on any atom is 0.145 e. The molecule has 0 amide bonds. The van der Waals surface area contributed by atoms with Crippen molar-refractivity contribution in [1.29, 1.82) is 0 Å². The monoisotopic (exact) mass is 587 g/mol. The van der Waals surface area contributed by atoms with Crippen LogP contribution < -0.4 is 4.90 Å². The molecule has 1 heterocycles. The van der Waals surface area contributed by atoms with Crippen LogP contribution in [0, 0.1) is 0 Å². The van der Waals surface area contributed by atoms with E-state index >= 15 is 0 Å². The lowest BCUT2D eigenvalue weighted by molar-refractivity contribution is 0.674. The first-order chi connectivity index (χ1) is 22.8. The van der Waals surface area contributed by atoms with E-state index in [0.29, 0.717) is 0 Å². The number of benzene rings is 8. The molecular formula is C44H29NO. The van der Waals surface area contributed by atoms with E-state index < -0.39 is 0 Å². The van der Waals surface area contributed by atoms with Crippen molar-refractivity contribution in [3.05, 3.63) is 176 Å². The van der Waals surface area contributed by atoms with Gasteiger partial charge in [-0.3, -0.25) is 0 Å². The number of fused-ring (bicyclic) bond motifs is 6. The van der Waals surface area contributed by atoms with Gasteiger partial charge in [0, 0.05) is 27.7 Å². The SMILES string of the molecule is c1ccc(-c2ccc(N(c3ccc4ccccc4c3)c3ccc(-c4ccccc4)c4oc5c6ccccc6ccc5c34)cc2)cc1. The third kappa shape index (κ3) is 4.35. The molecule has 0 unspecified atom stereocenters. The molecule has 0 aliphatic heterocycles. The normalized spacial score (nSPS) is 11.5. The van der Waals surface area contributed by atoms with Crippen LogP contribution >= 0.6 is 0 Å². The molecule has 216 valence electrons. The number of rotatable bonds is 5. The van der Waals surface area contributed by atoms with E-state index in [1.54, 1.807) is 0 Å². The van der Waals surface area contributed by atoms with Crippen molar-refractivity contribution >= 4 is 60.5 Å². The van der Waals surface area contributed by atoms with Gasteiger partial charge in [-0.05, 0) is 75.3 Å². The van der Waals surface area contributed by atoms with Crippen LogP contribution in [0.1, 0.15) is 0 Å². The van der Waals surface area contributed by atoms with E-state index in [1.807, 2.05) is 0 Å². The second-order valence-corrected chi connectivity index (χ2v) is 11.7. The summed E-state index contributed by atoms with van der Waals surface area (Å²) < 4.78 is 6.93. The minimum absolute atomic E-state index is 0.891. The summed E-state index contributed by atoms with van der Waals surface area (Å²) in [4.78, 5) is 2.38. The summed E-state index contributed by atoms with van der Waals surface area (Å²) in [5.74, 6) is 0. The highest BCUT2D eigenvalue weighted by Crippen LogP contribution is 2.47. The molecule has 0 spiro atoms. The first-order valence-corrected chi connectivity index (χ1v) is 15.7. The van der Waals surface area contributed by atoms with E-state index in [9.17, 15) is 0 Å². The lowest BCUT2D eigenvalue weighted by atomic mass is 9.98. The number of hydrogen-bond donors (Lipinski definition) is 0. The molecule has 0 radical (unpaired) electrons. The quantitative estimate of drug-likeness (QED) is 0.199. The maximum atomic E-state index is 6.93. The van der Waals surface area contributed by atoms with Crippen LogP contribution in [-0.2, 0) is 0 Å². The predicted octanol–water partition coefficient (Wildman–Crippen LogP) is 12.7. The van der Waals surface area contributed by atoms with Gasteiger partial charge in [-0.1, -0.05) is 133 Å². The number of nitrogens with zero attached hydrogens (tertiary/aromatic N) is 1. The summed E-state index contributed by atoms with van der Waals surface area (Å²) in [6.07, 6.45) is 0. The second-order valence-electron chi connectivity index (χ2n) is 11.7. The van der Waals surface area contributed by atoms with Gasteiger partial charge >= 0.3 is 0 Å². The Balaban J connectivity index is 1.34. The Morgan fingerprint density at radius 1 is 0.370 bits per heavy atom. The summed E-state index contributed by atoms with van der Waals surface area (Å²) in [5.41, 5.74) is 9.66. The third-order valence-corrected chi connectivity index (χ3v) is 9.04. The average molecular weight is 588 g/mol. The molecule has 9 rings (SSSR count). The Kier molecular flexibility index (Phi) is 6.17. The highest BCUT2D eigenvalue weighted by Gasteiger charge is 2.23. The molecule has 9 aromatic rings. The van der Waals surface area contributed by atoms with Crippen LogP contribution in [0.4, 0.5) is 17.1 Å². The number of furan rings is 1. The van der Waals surface area contributed by atoms with E-state index in [1.165, 1.54) is 27.3 Å². The molecule has 46 heavy (non-hydrogen) atoms. The zero-order chi connectivity index (χ0) is 30.5. The van der Waals surface area contributed by atoms with Gasteiger partial charge in [0.25, 0.3) is 0 Å². The van der Waals surface area contributed by atoms with Crippen LogP contribution in [0.5, 0.6) is 0 Å². The molecule has 2 heteroatoms. The third-order valence-electron chi connectivity index (χ3n) is 9.04. The molecule has 0 saturated heterocycles. The number of hydrogen-bond acceptors (Lipinski definition) is 2. The molecule has 0 aliphatic carbocycles. The first kappa shape index (κ1) is 26.3. The molecule has 0 bridgehead atoms. The van der Waals surface area contributed by atoms with Crippen molar-refractivity contribution < 1.29 is 4.42 Å². The molecular weight excluding hydrogens is 558 g/mol. The van der Waals surface area contributed by atoms with E-state index in [4.69, 9.17) is 4.42 Å². The van der Waals surface area contributed by atoms with Gasteiger partial charge in [-0.15, -0.1) is 0 Å². The molecule has 0 fully saturated rings. The minimum atomic E-state index is 0.891. The Labute approximate surface area is 267 Å². The summed E-state index contributed by atoms with van der Waals surface area (Å²) >= 11 is 0. The van der Waals surface area contributed by atoms with Crippen molar-refractivity contribution in [2.45, 2.75) is 0 Å². The molecule has 2 nitrogen and oxygen atoms in total. The Morgan fingerprint density at radius 3 is 1.76 bits per heavy atom. The Hall–Kier alpha value is -6.12. The number of anilines is 3. The molecule has 0 aliphatic rings. The van der Waals surface area contributed by atoms with Crippen LogP contribution in [-0.4, -0.2) is 0 Å². The molecule has 0 saturated carbocycles. The fraction of sp³-hybridized carbons (Fsp3) is 0. The summed E-state index contributed by atoms with van der Waals surface area (Å²) in [5, 5.41) is 6.91. The van der Waals surface area contributed by atoms with E-state index in [2.05, 4.69) is 181 Å². The summed E-state index contributed by atoms with van der Waals surface area (Å²) in [6.45, 7) is 0. The Bertz CT molecular complexity index is 2510. The highest BCUT2D eigenvalue weighted by atomic mass is 16.3. The Morgan fingerprint density at radius 2 is 0.978 bits per heavy atom. The van der Waals surface area contributed by atoms with Crippen LogP contribution in [0.3, 0.4) is 0 Å². The predicted molar refractivity (Wildman–Crippen MR) is 194 cm³/mol. The fourth-order valence-electron chi connectivity index (χ4n) is 6.80. The molecule has 8 aromatic carbocycles. The van der Waals surface area contributed by atoms with Crippen LogP contribution in [0.15, 0.2) is 180 Å². The molecule has 0 atom stereocenters. The van der Waals surface area contributed by atoms with Gasteiger partial charge in [0.1, 0.15) is 11.2 Å². The smallest absolute Gasteiger partial charge is 0.145 e. The standard InChI is InChI=1S/C44H29NO/c1-3-11-30(12-4-1)32-19-23-36(24-20-32)45(37-25-21-31-13-7-8-17-35(31)29-37)41-28-27-39(33-14-5-2-6-15-33)44-42(41)40-26-22-34-16-9-10-18-38(34)43(40)46-44/h1-29H. The van der Waals surface area contributed by atoms with Crippen molar-refractivity contribution in [1.82, 2.24) is 0 Å². The fourth-order valence-corrected chi connectivity index (χ4v) is 6.80. The van der Waals surface area contributed by atoms with Crippen molar-refractivity contribution in [3.8, 4) is 22.3 Å². The van der Waals surface area contributed by atoms with Crippen molar-refractivity contribution in [3.63, 3.8) is 0 Å². The second kappa shape index (κ2) is 10.8. The van der Waals surface area contributed by atoms with Gasteiger partial charge in [0.05, 0.1) is 11.1 Å². The minimum Gasteiger partial charge on any atom is -0.455 e. The molecule has 0 N–H and O–H groups in total. The van der Waals surface area contributed by atoms with Crippen LogP contribution in [0.2, 0.25) is 0 Å². The van der Waals surface area contributed by atoms with Crippen molar-refractivity contribution in [2.75, 3.05) is 4.90 Å². The van der Waals surface area contributed by atoms with Crippen LogP contribution in [0.25, 0.3) is 65.7 Å².